The second-order valence-electron chi connectivity index (χ2n) is 7.84. The number of benzene rings is 1. The average molecular weight is 469 g/mol. The molecule has 1 aliphatic heterocycles. The summed E-state index contributed by atoms with van der Waals surface area (Å²) in [5.41, 5.74) is 0.226. The molecule has 162 valence electrons. The maximum atomic E-state index is 13.0. The molecule has 10 heteroatoms. The highest BCUT2D eigenvalue weighted by molar-refractivity contribution is 7.89. The smallest absolute Gasteiger partial charge is 0.257 e. The number of carbonyl (C=O) groups excluding carboxylic acids is 1. The van der Waals surface area contributed by atoms with E-state index in [1.165, 1.54) is 53.1 Å². The number of aromatic nitrogens is 2. The van der Waals surface area contributed by atoms with E-state index in [9.17, 15) is 13.2 Å². The molecule has 0 bridgehead atoms. The average Bonchev–Trinajstić information content (AvgIpc) is 3.23. The van der Waals surface area contributed by atoms with Gasteiger partial charge >= 0.3 is 0 Å². The van der Waals surface area contributed by atoms with Crippen LogP contribution in [0.2, 0.25) is 5.02 Å². The largest absolute Gasteiger partial charge is 0.296 e. The van der Waals surface area contributed by atoms with Gasteiger partial charge in [0, 0.05) is 24.6 Å². The second kappa shape index (κ2) is 9.30. The highest BCUT2D eigenvalue weighted by Gasteiger charge is 2.29. The number of hydrogen-bond acceptors (Lipinski definition) is 6. The summed E-state index contributed by atoms with van der Waals surface area (Å²) in [6, 6.07) is 4.33. The van der Waals surface area contributed by atoms with Crippen molar-refractivity contribution in [2.24, 2.45) is 0 Å². The Hall–Kier alpha value is -1.55. The molecule has 4 rings (SSSR count). The Morgan fingerprint density at radius 2 is 1.77 bits per heavy atom. The Kier molecular flexibility index (Phi) is 6.72. The monoisotopic (exact) mass is 468 g/mol. The number of amides is 1. The number of carbonyl (C=O) groups is 1. The molecule has 1 aromatic carbocycles. The van der Waals surface area contributed by atoms with Gasteiger partial charge in [-0.1, -0.05) is 48.6 Å². The molecule has 1 saturated carbocycles. The van der Waals surface area contributed by atoms with Crippen LogP contribution >= 0.6 is 22.9 Å². The molecule has 1 aromatic heterocycles. The summed E-state index contributed by atoms with van der Waals surface area (Å²) < 4.78 is 27.5. The minimum absolute atomic E-state index is 0.0288. The number of nitrogens with zero attached hydrogens (tertiary/aromatic N) is 3. The lowest BCUT2D eigenvalue weighted by atomic mass is 9.90. The van der Waals surface area contributed by atoms with Gasteiger partial charge in [-0.25, -0.2) is 8.42 Å². The standard InChI is InChI=1S/C20H25ClN4O3S2/c21-16-10-9-15(13-17(16)30(27,28)25-11-5-2-6-12-25)18(26)22-20-24-23-19(29-20)14-7-3-1-4-8-14/h9-10,13-14H,1-8,11-12H2,(H,22,24,26). The number of nitrogens with one attached hydrogen (secondary N) is 1. The van der Waals surface area contributed by atoms with Crippen molar-refractivity contribution in [2.75, 3.05) is 18.4 Å². The van der Waals surface area contributed by atoms with Crippen molar-refractivity contribution >= 4 is 44.0 Å². The molecular formula is C20H25ClN4O3S2. The van der Waals surface area contributed by atoms with Gasteiger partial charge in [0.2, 0.25) is 15.2 Å². The molecule has 2 heterocycles. The molecule has 0 spiro atoms. The van der Waals surface area contributed by atoms with Crippen LogP contribution in [0.15, 0.2) is 23.1 Å². The number of hydrogen-bond donors (Lipinski definition) is 1. The predicted molar refractivity (Wildman–Crippen MR) is 118 cm³/mol. The van der Waals surface area contributed by atoms with Gasteiger partial charge in [0.1, 0.15) is 9.90 Å². The normalized spacial score (nSPS) is 19.0. The minimum Gasteiger partial charge on any atom is -0.296 e. The first kappa shape index (κ1) is 21.7. The van der Waals surface area contributed by atoms with Crippen molar-refractivity contribution in [2.45, 2.75) is 62.2 Å². The maximum Gasteiger partial charge on any atom is 0.257 e. The highest BCUT2D eigenvalue weighted by Crippen LogP contribution is 2.35. The quantitative estimate of drug-likeness (QED) is 0.688. The van der Waals surface area contributed by atoms with Crippen LogP contribution in [0.5, 0.6) is 0 Å². The van der Waals surface area contributed by atoms with E-state index in [2.05, 4.69) is 15.5 Å². The number of halogens is 1. The lowest BCUT2D eigenvalue weighted by Gasteiger charge is -2.26. The molecule has 2 aliphatic rings. The van der Waals surface area contributed by atoms with Crippen molar-refractivity contribution < 1.29 is 13.2 Å². The molecule has 0 atom stereocenters. The first-order chi connectivity index (χ1) is 14.4. The fourth-order valence-electron chi connectivity index (χ4n) is 4.06. The maximum absolute atomic E-state index is 13.0. The molecule has 0 radical (unpaired) electrons. The van der Waals surface area contributed by atoms with Gasteiger partial charge in [0.25, 0.3) is 5.91 Å². The van der Waals surface area contributed by atoms with E-state index < -0.39 is 15.9 Å². The zero-order valence-electron chi connectivity index (χ0n) is 16.6. The van der Waals surface area contributed by atoms with Crippen LogP contribution in [0.1, 0.15) is 72.7 Å². The molecule has 1 saturated heterocycles. The zero-order chi connectivity index (χ0) is 21.1. The lowest BCUT2D eigenvalue weighted by Crippen LogP contribution is -2.35. The summed E-state index contributed by atoms with van der Waals surface area (Å²) in [7, 11) is -3.74. The van der Waals surface area contributed by atoms with Crippen molar-refractivity contribution in [3.8, 4) is 0 Å². The van der Waals surface area contributed by atoms with Crippen LogP contribution in [-0.4, -0.2) is 41.9 Å². The summed E-state index contributed by atoms with van der Waals surface area (Å²) in [5, 5.41) is 12.6. The van der Waals surface area contributed by atoms with Crippen LogP contribution in [0.4, 0.5) is 5.13 Å². The van der Waals surface area contributed by atoms with Crippen LogP contribution in [0.25, 0.3) is 0 Å². The van der Waals surface area contributed by atoms with Crippen LogP contribution in [0, 0.1) is 0 Å². The predicted octanol–water partition coefficient (Wildman–Crippen LogP) is 4.67. The Morgan fingerprint density at radius 3 is 2.50 bits per heavy atom. The summed E-state index contributed by atoms with van der Waals surface area (Å²) in [4.78, 5) is 12.7. The zero-order valence-corrected chi connectivity index (χ0v) is 19.0. The van der Waals surface area contributed by atoms with E-state index in [0.717, 1.165) is 37.1 Å². The van der Waals surface area contributed by atoms with Gasteiger partial charge in [-0.05, 0) is 43.9 Å². The molecule has 2 aromatic rings. The molecular weight excluding hydrogens is 444 g/mol. The van der Waals surface area contributed by atoms with Crippen molar-refractivity contribution in [1.29, 1.82) is 0 Å². The summed E-state index contributed by atoms with van der Waals surface area (Å²) in [6.45, 7) is 0.952. The summed E-state index contributed by atoms with van der Waals surface area (Å²) in [5.74, 6) is -0.00757. The summed E-state index contributed by atoms with van der Waals surface area (Å²) >= 11 is 7.59. The van der Waals surface area contributed by atoms with Gasteiger partial charge < -0.3 is 0 Å². The highest BCUT2D eigenvalue weighted by atomic mass is 35.5. The van der Waals surface area contributed by atoms with Gasteiger partial charge in [0.05, 0.1) is 5.02 Å². The van der Waals surface area contributed by atoms with Gasteiger partial charge in [0.15, 0.2) is 0 Å². The van der Waals surface area contributed by atoms with Crippen molar-refractivity contribution in [3.63, 3.8) is 0 Å². The van der Waals surface area contributed by atoms with Crippen molar-refractivity contribution in [1.82, 2.24) is 14.5 Å². The van der Waals surface area contributed by atoms with Gasteiger partial charge in [-0.3, -0.25) is 10.1 Å². The molecule has 7 nitrogen and oxygen atoms in total. The number of rotatable bonds is 5. The third-order valence-corrected chi connectivity index (χ3v) is 9.12. The minimum atomic E-state index is -3.74. The van der Waals surface area contributed by atoms with E-state index in [-0.39, 0.29) is 15.5 Å². The molecule has 1 aliphatic carbocycles. The fourth-order valence-corrected chi connectivity index (χ4v) is 6.98. The third kappa shape index (κ3) is 4.69. The van der Waals surface area contributed by atoms with E-state index in [1.54, 1.807) is 0 Å². The second-order valence-corrected chi connectivity index (χ2v) is 11.2. The van der Waals surface area contributed by atoms with Crippen molar-refractivity contribution in [3.05, 3.63) is 33.8 Å². The molecule has 1 amide bonds. The lowest BCUT2D eigenvalue weighted by molar-refractivity contribution is 0.102. The van der Waals surface area contributed by atoms with E-state index >= 15 is 0 Å². The number of anilines is 1. The van der Waals surface area contributed by atoms with Crippen LogP contribution in [-0.2, 0) is 10.0 Å². The number of sulfonamides is 1. The number of piperidine rings is 1. The Balaban J connectivity index is 1.51. The van der Waals surface area contributed by atoms with Crippen LogP contribution in [0.3, 0.4) is 0 Å². The molecule has 2 fully saturated rings. The molecule has 0 unspecified atom stereocenters. The molecule has 1 N–H and O–H groups in total. The topological polar surface area (TPSA) is 92.3 Å². The fraction of sp³-hybridized carbons (Fsp3) is 0.550. The van der Waals surface area contributed by atoms with E-state index in [0.29, 0.717) is 24.1 Å². The Morgan fingerprint density at radius 1 is 1.07 bits per heavy atom. The third-order valence-electron chi connectivity index (χ3n) is 5.74. The Labute approximate surface area is 185 Å². The SMILES string of the molecule is O=C(Nc1nnc(C2CCCCC2)s1)c1ccc(Cl)c(S(=O)(=O)N2CCCCC2)c1. The Bertz CT molecular complexity index is 1010. The molecule has 30 heavy (non-hydrogen) atoms. The van der Waals surface area contributed by atoms with Gasteiger partial charge in [-0.2, -0.15) is 4.31 Å². The van der Waals surface area contributed by atoms with E-state index in [1.807, 2.05) is 0 Å². The first-order valence-corrected chi connectivity index (χ1v) is 13.0. The van der Waals surface area contributed by atoms with E-state index in [4.69, 9.17) is 11.6 Å². The first-order valence-electron chi connectivity index (χ1n) is 10.4. The van der Waals surface area contributed by atoms with Crippen LogP contribution < -0.4 is 5.32 Å². The van der Waals surface area contributed by atoms with Gasteiger partial charge in [-0.15, -0.1) is 10.2 Å². The summed E-state index contributed by atoms with van der Waals surface area (Å²) in [6.07, 6.45) is 8.56.